The zero-order valence-electron chi connectivity index (χ0n) is 17.4. The summed E-state index contributed by atoms with van der Waals surface area (Å²) in [5.41, 5.74) is 0.498. The van der Waals surface area contributed by atoms with Crippen LogP contribution < -0.4 is 20.1 Å². The van der Waals surface area contributed by atoms with Crippen LogP contribution in [-0.4, -0.2) is 41.8 Å². The van der Waals surface area contributed by atoms with Crippen molar-refractivity contribution in [3.05, 3.63) is 22.2 Å². The lowest BCUT2D eigenvalue weighted by Crippen LogP contribution is -2.43. The third-order valence-electron chi connectivity index (χ3n) is 3.73. The predicted molar refractivity (Wildman–Crippen MR) is 112 cm³/mol. The molecule has 0 aliphatic heterocycles. The number of carbonyl (C=O) groups is 2. The Bertz CT molecular complexity index is 686. The number of amides is 1. The summed E-state index contributed by atoms with van der Waals surface area (Å²) in [7, 11) is 0. The van der Waals surface area contributed by atoms with E-state index in [-0.39, 0.29) is 24.0 Å². The Kier molecular flexibility index (Phi) is 9.23. The summed E-state index contributed by atoms with van der Waals surface area (Å²) in [6.45, 7) is 11.9. The molecule has 1 rings (SSSR count). The Hall–Kier alpha value is -1.80. The average Bonchev–Trinajstić information content (AvgIpc) is 2.54. The number of hydrogen-bond donors (Lipinski definition) is 3. The van der Waals surface area contributed by atoms with E-state index in [9.17, 15) is 14.7 Å². The maximum atomic E-state index is 12.0. The van der Waals surface area contributed by atoms with Crippen LogP contribution >= 0.6 is 15.9 Å². The molecule has 0 bridgehead atoms. The predicted octanol–water partition coefficient (Wildman–Crippen LogP) is 3.34. The van der Waals surface area contributed by atoms with Crippen molar-refractivity contribution in [2.45, 2.75) is 59.7 Å². The van der Waals surface area contributed by atoms with Crippen LogP contribution in [0.1, 0.15) is 47.1 Å². The van der Waals surface area contributed by atoms with E-state index in [0.29, 0.717) is 24.7 Å². The Balaban J connectivity index is 2.92. The van der Waals surface area contributed by atoms with Crippen LogP contribution in [0.25, 0.3) is 0 Å². The number of ether oxygens (including phenoxy) is 2. The van der Waals surface area contributed by atoms with Gasteiger partial charge in [0.25, 0.3) is 5.91 Å². The molecular weight excluding hydrogens is 428 g/mol. The molecule has 0 spiro atoms. The average molecular weight is 459 g/mol. The van der Waals surface area contributed by atoms with Crippen LogP contribution in [0.2, 0.25) is 0 Å². The SMILES string of the molecule is CCOc1cc(CNC(C(=O)O)C(C)C)c(Br)cc1OCC(=O)NC(C)(C)C. The van der Waals surface area contributed by atoms with Gasteiger partial charge >= 0.3 is 5.97 Å². The van der Waals surface area contributed by atoms with Crippen LogP contribution in [-0.2, 0) is 16.1 Å². The van der Waals surface area contributed by atoms with Gasteiger partial charge < -0.3 is 25.2 Å². The Morgan fingerprint density at radius 1 is 1.18 bits per heavy atom. The Morgan fingerprint density at radius 2 is 1.79 bits per heavy atom. The van der Waals surface area contributed by atoms with Gasteiger partial charge in [-0.25, -0.2) is 0 Å². The Morgan fingerprint density at radius 3 is 2.29 bits per heavy atom. The molecule has 0 fully saturated rings. The van der Waals surface area contributed by atoms with E-state index >= 15 is 0 Å². The zero-order valence-corrected chi connectivity index (χ0v) is 19.0. The molecule has 8 heteroatoms. The molecule has 0 aromatic heterocycles. The van der Waals surface area contributed by atoms with E-state index in [1.54, 1.807) is 12.1 Å². The number of halogens is 1. The number of carbonyl (C=O) groups excluding carboxylic acids is 1. The molecule has 3 N–H and O–H groups in total. The van der Waals surface area contributed by atoms with Gasteiger partial charge in [0.15, 0.2) is 18.1 Å². The van der Waals surface area contributed by atoms with Crippen LogP contribution in [0, 0.1) is 5.92 Å². The normalized spacial score (nSPS) is 12.6. The molecule has 7 nitrogen and oxygen atoms in total. The van der Waals surface area contributed by atoms with Gasteiger partial charge in [-0.1, -0.05) is 29.8 Å². The van der Waals surface area contributed by atoms with Gasteiger partial charge in [0.05, 0.1) is 6.61 Å². The fraction of sp³-hybridized carbons (Fsp3) is 0.600. The molecule has 1 aromatic rings. The van der Waals surface area contributed by atoms with Gasteiger partial charge in [-0.2, -0.15) is 0 Å². The van der Waals surface area contributed by atoms with Crippen molar-refractivity contribution < 1.29 is 24.2 Å². The molecular formula is C20H31BrN2O5. The second-order valence-corrected chi connectivity index (χ2v) is 8.71. The molecule has 158 valence electrons. The zero-order chi connectivity index (χ0) is 21.5. The molecule has 0 aliphatic carbocycles. The summed E-state index contributed by atoms with van der Waals surface area (Å²) in [6.07, 6.45) is 0. The van der Waals surface area contributed by atoms with E-state index < -0.39 is 12.0 Å². The largest absolute Gasteiger partial charge is 0.490 e. The molecule has 0 saturated carbocycles. The minimum Gasteiger partial charge on any atom is -0.490 e. The second kappa shape index (κ2) is 10.7. The maximum absolute atomic E-state index is 12.0. The van der Waals surface area contributed by atoms with Crippen molar-refractivity contribution in [3.8, 4) is 11.5 Å². The minimum atomic E-state index is -0.888. The van der Waals surface area contributed by atoms with E-state index in [1.807, 2.05) is 41.5 Å². The minimum absolute atomic E-state index is 0.0495. The number of carboxylic acid groups (broad SMARTS) is 1. The maximum Gasteiger partial charge on any atom is 0.320 e. The highest BCUT2D eigenvalue weighted by molar-refractivity contribution is 9.10. The fourth-order valence-electron chi connectivity index (χ4n) is 2.52. The van der Waals surface area contributed by atoms with Crippen molar-refractivity contribution in [1.82, 2.24) is 10.6 Å². The molecule has 0 heterocycles. The van der Waals surface area contributed by atoms with E-state index in [1.165, 1.54) is 0 Å². The molecule has 1 atom stereocenters. The summed E-state index contributed by atoms with van der Waals surface area (Å²) in [5.74, 6) is -0.215. The van der Waals surface area contributed by atoms with Crippen molar-refractivity contribution in [3.63, 3.8) is 0 Å². The van der Waals surface area contributed by atoms with E-state index in [2.05, 4.69) is 26.6 Å². The van der Waals surface area contributed by atoms with Crippen molar-refractivity contribution in [2.24, 2.45) is 5.92 Å². The monoisotopic (exact) mass is 458 g/mol. The summed E-state index contributed by atoms with van der Waals surface area (Å²) in [6, 6.07) is 2.87. The summed E-state index contributed by atoms with van der Waals surface area (Å²) in [4.78, 5) is 23.4. The summed E-state index contributed by atoms with van der Waals surface area (Å²) < 4.78 is 12.0. The van der Waals surface area contributed by atoms with Gasteiger partial charge in [-0.15, -0.1) is 0 Å². The van der Waals surface area contributed by atoms with Crippen LogP contribution in [0.15, 0.2) is 16.6 Å². The van der Waals surface area contributed by atoms with Crippen LogP contribution in [0.5, 0.6) is 11.5 Å². The quantitative estimate of drug-likeness (QED) is 0.497. The smallest absolute Gasteiger partial charge is 0.320 e. The highest BCUT2D eigenvalue weighted by Crippen LogP contribution is 2.34. The molecule has 1 aromatic carbocycles. The molecule has 0 aliphatic rings. The lowest BCUT2D eigenvalue weighted by atomic mass is 10.0. The third kappa shape index (κ3) is 8.06. The highest BCUT2D eigenvalue weighted by atomic mass is 79.9. The lowest BCUT2D eigenvalue weighted by Gasteiger charge is -2.21. The van der Waals surface area contributed by atoms with Gasteiger partial charge in [-0.3, -0.25) is 9.59 Å². The van der Waals surface area contributed by atoms with Crippen molar-refractivity contribution in [1.29, 1.82) is 0 Å². The Labute approximate surface area is 175 Å². The summed E-state index contributed by atoms with van der Waals surface area (Å²) >= 11 is 3.49. The van der Waals surface area contributed by atoms with Crippen molar-refractivity contribution in [2.75, 3.05) is 13.2 Å². The first-order chi connectivity index (χ1) is 12.9. The number of carboxylic acids is 1. The molecule has 1 amide bonds. The van der Waals surface area contributed by atoms with Gasteiger partial charge in [0, 0.05) is 16.6 Å². The fourth-order valence-corrected chi connectivity index (χ4v) is 2.98. The molecule has 0 saturated heterocycles. The second-order valence-electron chi connectivity index (χ2n) is 7.85. The highest BCUT2D eigenvalue weighted by Gasteiger charge is 2.22. The summed E-state index contributed by atoms with van der Waals surface area (Å²) in [5, 5.41) is 15.2. The number of rotatable bonds is 10. The first-order valence-electron chi connectivity index (χ1n) is 9.29. The van der Waals surface area contributed by atoms with Gasteiger partial charge in [-0.05, 0) is 51.3 Å². The number of aliphatic carboxylic acids is 1. The van der Waals surface area contributed by atoms with Crippen LogP contribution in [0.4, 0.5) is 0 Å². The first kappa shape index (κ1) is 24.2. The third-order valence-corrected chi connectivity index (χ3v) is 4.47. The van der Waals surface area contributed by atoms with E-state index in [4.69, 9.17) is 9.47 Å². The first-order valence-corrected chi connectivity index (χ1v) is 10.1. The molecule has 1 unspecified atom stereocenters. The lowest BCUT2D eigenvalue weighted by molar-refractivity contribution is -0.140. The van der Waals surface area contributed by atoms with Crippen molar-refractivity contribution >= 4 is 27.8 Å². The van der Waals surface area contributed by atoms with Gasteiger partial charge in [0.2, 0.25) is 0 Å². The molecule has 0 radical (unpaired) electrons. The standard InChI is InChI=1S/C20H31BrN2O5/c1-7-27-15-8-13(10-22-18(12(2)3)19(25)26)14(21)9-16(15)28-11-17(24)23-20(4,5)6/h8-9,12,18,22H,7,10-11H2,1-6H3,(H,23,24)(H,25,26). The number of nitrogens with one attached hydrogen (secondary N) is 2. The number of benzene rings is 1. The van der Waals surface area contributed by atoms with Crippen LogP contribution in [0.3, 0.4) is 0 Å². The van der Waals surface area contributed by atoms with Gasteiger partial charge in [0.1, 0.15) is 6.04 Å². The molecule has 28 heavy (non-hydrogen) atoms. The topological polar surface area (TPSA) is 96.9 Å². The van der Waals surface area contributed by atoms with E-state index in [0.717, 1.165) is 10.0 Å². The number of hydrogen-bond acceptors (Lipinski definition) is 5.